The van der Waals surface area contributed by atoms with Crippen LogP contribution in [0.15, 0.2) is 41.2 Å². The first-order valence-electron chi connectivity index (χ1n) is 7.65. The zero-order chi connectivity index (χ0) is 16.8. The third kappa shape index (κ3) is 4.66. The summed E-state index contributed by atoms with van der Waals surface area (Å²) in [4.78, 5) is 24.1. The predicted octanol–water partition coefficient (Wildman–Crippen LogP) is 3.19. The Morgan fingerprint density at radius 1 is 1.35 bits per heavy atom. The Morgan fingerprint density at radius 3 is 2.83 bits per heavy atom. The highest BCUT2D eigenvalue weighted by Gasteiger charge is 2.14. The van der Waals surface area contributed by atoms with Gasteiger partial charge in [0.1, 0.15) is 5.69 Å². The van der Waals surface area contributed by atoms with Crippen molar-refractivity contribution in [3.63, 3.8) is 0 Å². The number of hydrogen-bond acceptors (Lipinski definition) is 3. The molecule has 0 saturated heterocycles. The number of nitrogens with one attached hydrogen (secondary N) is 1. The molecule has 0 radical (unpaired) electrons. The van der Waals surface area contributed by atoms with Crippen LogP contribution in [0.25, 0.3) is 0 Å². The number of amides is 1. The highest BCUT2D eigenvalue weighted by molar-refractivity contribution is 6.30. The van der Waals surface area contributed by atoms with Gasteiger partial charge in [-0.05, 0) is 37.1 Å². The Balaban J connectivity index is 2.12. The third-order valence-corrected chi connectivity index (χ3v) is 3.75. The van der Waals surface area contributed by atoms with Crippen LogP contribution in [0.3, 0.4) is 0 Å². The smallest absolute Gasteiger partial charge is 0.272 e. The lowest BCUT2D eigenvalue weighted by Gasteiger charge is -2.14. The molecule has 1 heterocycles. The Hall–Kier alpha value is -2.14. The van der Waals surface area contributed by atoms with E-state index in [1.54, 1.807) is 6.07 Å². The van der Waals surface area contributed by atoms with E-state index in [0.717, 1.165) is 18.4 Å². The molecule has 23 heavy (non-hydrogen) atoms. The summed E-state index contributed by atoms with van der Waals surface area (Å²) in [6.45, 7) is 4.42. The van der Waals surface area contributed by atoms with Gasteiger partial charge < -0.3 is 5.32 Å². The van der Waals surface area contributed by atoms with Gasteiger partial charge in [0.25, 0.3) is 11.5 Å². The molecule has 0 fully saturated rings. The lowest BCUT2D eigenvalue weighted by atomic mass is 10.1. The van der Waals surface area contributed by atoms with E-state index >= 15 is 0 Å². The largest absolute Gasteiger partial charge is 0.344 e. The molecule has 0 aliphatic heterocycles. The molecule has 0 aliphatic rings. The second-order valence-corrected chi connectivity index (χ2v) is 5.82. The number of carbonyl (C=O) groups excluding carboxylic acids is 1. The van der Waals surface area contributed by atoms with Gasteiger partial charge in [-0.15, -0.1) is 0 Å². The number of carbonyl (C=O) groups is 1. The zero-order valence-corrected chi connectivity index (χ0v) is 14.0. The van der Waals surface area contributed by atoms with Crippen LogP contribution in [0, 0.1) is 0 Å². The molecule has 5 nitrogen and oxygen atoms in total. The molecule has 0 spiro atoms. The van der Waals surface area contributed by atoms with Crippen molar-refractivity contribution in [2.24, 2.45) is 0 Å². The zero-order valence-electron chi connectivity index (χ0n) is 13.3. The topological polar surface area (TPSA) is 64.0 Å². The molecule has 122 valence electrons. The van der Waals surface area contributed by atoms with Crippen molar-refractivity contribution < 1.29 is 4.79 Å². The van der Waals surface area contributed by atoms with E-state index < -0.39 is 0 Å². The Bertz CT molecular complexity index is 743. The van der Waals surface area contributed by atoms with Crippen LogP contribution in [-0.2, 0) is 6.54 Å². The van der Waals surface area contributed by atoms with E-state index in [9.17, 15) is 9.59 Å². The van der Waals surface area contributed by atoms with Crippen LogP contribution in [-0.4, -0.2) is 15.7 Å². The number of nitrogens with zero attached hydrogens (tertiary/aromatic N) is 2. The van der Waals surface area contributed by atoms with E-state index in [2.05, 4.69) is 10.4 Å². The first-order valence-corrected chi connectivity index (χ1v) is 8.03. The fourth-order valence-electron chi connectivity index (χ4n) is 2.17. The molecule has 1 N–H and O–H groups in total. The molecular formula is C17H20ClN3O2. The van der Waals surface area contributed by atoms with E-state index in [0.29, 0.717) is 11.6 Å². The van der Waals surface area contributed by atoms with Gasteiger partial charge >= 0.3 is 0 Å². The molecule has 2 aromatic rings. The molecule has 1 unspecified atom stereocenters. The molecule has 1 aromatic heterocycles. The molecule has 0 saturated carbocycles. The molecule has 6 heteroatoms. The van der Waals surface area contributed by atoms with Gasteiger partial charge in [-0.3, -0.25) is 9.59 Å². The predicted molar refractivity (Wildman–Crippen MR) is 90.7 cm³/mol. The number of benzene rings is 1. The number of hydrogen-bond donors (Lipinski definition) is 1. The van der Waals surface area contributed by atoms with Gasteiger partial charge in [0.05, 0.1) is 6.04 Å². The lowest BCUT2D eigenvalue weighted by molar-refractivity contribution is 0.0932. The number of unbranched alkanes of at least 4 members (excludes halogenated alkanes) is 1. The van der Waals surface area contributed by atoms with E-state index in [1.165, 1.54) is 16.8 Å². The highest BCUT2D eigenvalue weighted by atomic mass is 35.5. The SMILES string of the molecule is CCCCn1nc(C(=O)NC(C)c2cccc(Cl)c2)ccc1=O. The highest BCUT2D eigenvalue weighted by Crippen LogP contribution is 2.17. The van der Waals surface area contributed by atoms with Crippen LogP contribution >= 0.6 is 11.6 Å². The maximum atomic E-state index is 12.3. The molecule has 0 bridgehead atoms. The summed E-state index contributed by atoms with van der Waals surface area (Å²) in [6, 6.07) is 9.94. The first kappa shape index (κ1) is 17.2. The summed E-state index contributed by atoms with van der Waals surface area (Å²) in [7, 11) is 0. The van der Waals surface area contributed by atoms with E-state index in [4.69, 9.17) is 11.6 Å². The van der Waals surface area contributed by atoms with Crippen molar-refractivity contribution in [1.29, 1.82) is 0 Å². The van der Waals surface area contributed by atoms with Crippen LogP contribution in [0.2, 0.25) is 5.02 Å². The van der Waals surface area contributed by atoms with Gasteiger partial charge in [-0.2, -0.15) is 5.10 Å². The van der Waals surface area contributed by atoms with Gasteiger partial charge in [0.15, 0.2) is 0 Å². The molecule has 2 rings (SSSR count). The maximum Gasteiger partial charge on any atom is 0.272 e. The second kappa shape index (κ2) is 7.92. The summed E-state index contributed by atoms with van der Waals surface area (Å²) in [6.07, 6.45) is 1.80. The molecular weight excluding hydrogens is 314 g/mol. The fraction of sp³-hybridized carbons (Fsp3) is 0.353. The molecule has 0 aliphatic carbocycles. The van der Waals surface area contributed by atoms with Gasteiger partial charge in [0.2, 0.25) is 0 Å². The van der Waals surface area contributed by atoms with E-state index in [1.807, 2.05) is 32.0 Å². The van der Waals surface area contributed by atoms with Gasteiger partial charge in [0, 0.05) is 17.6 Å². The summed E-state index contributed by atoms with van der Waals surface area (Å²) >= 11 is 5.97. The van der Waals surface area contributed by atoms with Crippen molar-refractivity contribution in [2.75, 3.05) is 0 Å². The summed E-state index contributed by atoms with van der Waals surface area (Å²) in [5, 5.41) is 7.63. The van der Waals surface area contributed by atoms with Crippen molar-refractivity contribution in [1.82, 2.24) is 15.1 Å². The molecule has 1 aromatic carbocycles. The van der Waals surface area contributed by atoms with Crippen molar-refractivity contribution in [3.8, 4) is 0 Å². The summed E-state index contributed by atoms with van der Waals surface area (Å²) < 4.78 is 1.34. The minimum Gasteiger partial charge on any atom is -0.344 e. The first-order chi connectivity index (χ1) is 11.0. The fourth-order valence-corrected chi connectivity index (χ4v) is 2.37. The van der Waals surface area contributed by atoms with Crippen molar-refractivity contribution in [3.05, 3.63) is 63.0 Å². The minimum atomic E-state index is -0.317. The lowest BCUT2D eigenvalue weighted by Crippen LogP contribution is -2.31. The standard InChI is InChI=1S/C17H20ClN3O2/c1-3-4-10-21-16(22)9-8-15(20-21)17(23)19-12(2)13-6-5-7-14(18)11-13/h5-9,11-12H,3-4,10H2,1-2H3,(H,19,23). The molecule has 1 atom stereocenters. The Morgan fingerprint density at radius 2 is 2.13 bits per heavy atom. The summed E-state index contributed by atoms with van der Waals surface area (Å²) in [5.41, 5.74) is 0.942. The van der Waals surface area contributed by atoms with Gasteiger partial charge in [-0.25, -0.2) is 4.68 Å². The average Bonchev–Trinajstić information content (AvgIpc) is 2.54. The van der Waals surface area contributed by atoms with Crippen LogP contribution in [0.5, 0.6) is 0 Å². The van der Waals surface area contributed by atoms with E-state index in [-0.39, 0.29) is 23.2 Å². The Labute approximate surface area is 140 Å². The minimum absolute atomic E-state index is 0.196. The number of halogens is 1. The normalized spacial score (nSPS) is 12.0. The number of rotatable bonds is 6. The third-order valence-electron chi connectivity index (χ3n) is 3.52. The number of aromatic nitrogens is 2. The quantitative estimate of drug-likeness (QED) is 0.883. The van der Waals surface area contributed by atoms with Crippen molar-refractivity contribution >= 4 is 17.5 Å². The monoisotopic (exact) mass is 333 g/mol. The van der Waals surface area contributed by atoms with Crippen molar-refractivity contribution in [2.45, 2.75) is 39.3 Å². The van der Waals surface area contributed by atoms with Crippen LogP contribution in [0.1, 0.15) is 48.8 Å². The van der Waals surface area contributed by atoms with Crippen LogP contribution in [0.4, 0.5) is 0 Å². The van der Waals surface area contributed by atoms with Gasteiger partial charge in [-0.1, -0.05) is 37.1 Å². The van der Waals surface area contributed by atoms with Crippen LogP contribution < -0.4 is 10.9 Å². The number of aryl methyl sites for hydroxylation is 1. The maximum absolute atomic E-state index is 12.3. The average molecular weight is 334 g/mol. The summed E-state index contributed by atoms with van der Waals surface area (Å²) in [5.74, 6) is -0.317. The second-order valence-electron chi connectivity index (χ2n) is 5.38. The molecule has 1 amide bonds. The Kier molecular flexibility index (Phi) is 5.93.